The third-order valence-corrected chi connectivity index (χ3v) is 8.68. The quantitative estimate of drug-likeness (QED) is 0.446. The second-order valence-corrected chi connectivity index (χ2v) is 12.5. The maximum Gasteiger partial charge on any atom is 0.230 e. The molecule has 0 saturated carbocycles. The number of carbonyl (C=O) groups excluding carboxylic acids is 1. The highest BCUT2D eigenvalue weighted by Crippen LogP contribution is 2.29. The van der Waals surface area contributed by atoms with E-state index in [0.717, 1.165) is 16.3 Å². The number of benzene rings is 1. The molecule has 1 aliphatic heterocycles. The molecule has 2 aromatic rings. The smallest absolute Gasteiger partial charge is 0.230 e. The van der Waals surface area contributed by atoms with Crippen LogP contribution in [0, 0.1) is 5.92 Å². The summed E-state index contributed by atoms with van der Waals surface area (Å²) in [5.41, 5.74) is 1.13. The van der Waals surface area contributed by atoms with E-state index in [0.29, 0.717) is 36.2 Å². The standard InChI is InChI=1S/C20H28N4O3S3/c1-15(2)28-20-23-22-19(29-20)21-18(25)17-11-6-12-24(14-17)30(26,27)13-7-10-16-8-4-3-5-9-16/h3-5,8-9,15,17H,6-7,10-14H2,1-2H3,(H,21,22,25). The number of amides is 1. The number of hydrogen-bond acceptors (Lipinski definition) is 7. The zero-order valence-electron chi connectivity index (χ0n) is 17.3. The second kappa shape index (κ2) is 10.7. The van der Waals surface area contributed by atoms with Crippen molar-refractivity contribution in [3.63, 3.8) is 0 Å². The number of rotatable bonds is 9. The van der Waals surface area contributed by atoms with Gasteiger partial charge in [0.15, 0.2) is 4.34 Å². The molecule has 1 atom stereocenters. The van der Waals surface area contributed by atoms with E-state index in [1.54, 1.807) is 11.8 Å². The van der Waals surface area contributed by atoms with Gasteiger partial charge in [-0.15, -0.1) is 10.2 Å². The minimum Gasteiger partial charge on any atom is -0.300 e. The van der Waals surface area contributed by atoms with Gasteiger partial charge in [0.05, 0.1) is 11.7 Å². The first-order valence-corrected chi connectivity index (χ1v) is 13.5. The Hall–Kier alpha value is -1.49. The monoisotopic (exact) mass is 468 g/mol. The van der Waals surface area contributed by atoms with Gasteiger partial charge in [-0.1, -0.05) is 67.3 Å². The lowest BCUT2D eigenvalue weighted by molar-refractivity contribution is -0.120. The summed E-state index contributed by atoms with van der Waals surface area (Å²) in [5.74, 6) is -0.452. The number of piperidine rings is 1. The number of anilines is 1. The molecule has 7 nitrogen and oxygen atoms in total. The van der Waals surface area contributed by atoms with Gasteiger partial charge in [-0.2, -0.15) is 0 Å². The van der Waals surface area contributed by atoms with Crippen molar-refractivity contribution in [2.24, 2.45) is 5.92 Å². The van der Waals surface area contributed by atoms with Crippen LogP contribution in [0.2, 0.25) is 0 Å². The molecular formula is C20H28N4O3S3. The Balaban J connectivity index is 1.52. The van der Waals surface area contributed by atoms with Crippen molar-refractivity contribution in [1.29, 1.82) is 0 Å². The second-order valence-electron chi connectivity index (χ2n) is 7.63. The third-order valence-electron chi connectivity index (χ3n) is 4.83. The molecule has 1 N–H and O–H groups in total. The van der Waals surface area contributed by atoms with Gasteiger partial charge in [0.2, 0.25) is 21.1 Å². The summed E-state index contributed by atoms with van der Waals surface area (Å²) in [5, 5.41) is 11.8. The van der Waals surface area contributed by atoms with Crippen molar-refractivity contribution in [3.05, 3.63) is 35.9 Å². The molecule has 30 heavy (non-hydrogen) atoms. The molecule has 0 spiro atoms. The molecule has 0 radical (unpaired) electrons. The summed E-state index contributed by atoms with van der Waals surface area (Å²) < 4.78 is 27.8. The van der Waals surface area contributed by atoms with Gasteiger partial charge < -0.3 is 5.32 Å². The number of carbonyl (C=O) groups is 1. The zero-order chi connectivity index (χ0) is 21.6. The van der Waals surface area contributed by atoms with Gasteiger partial charge >= 0.3 is 0 Å². The van der Waals surface area contributed by atoms with Crippen LogP contribution in [-0.2, 0) is 21.2 Å². The fourth-order valence-electron chi connectivity index (χ4n) is 3.36. The van der Waals surface area contributed by atoms with Gasteiger partial charge in [0.25, 0.3) is 0 Å². The number of aromatic nitrogens is 2. The molecule has 1 aliphatic rings. The molecule has 1 unspecified atom stereocenters. The normalized spacial score (nSPS) is 17.9. The minimum atomic E-state index is -3.38. The van der Waals surface area contributed by atoms with Crippen LogP contribution in [-0.4, -0.2) is 52.9 Å². The Morgan fingerprint density at radius 3 is 2.80 bits per heavy atom. The fraction of sp³-hybridized carbons (Fsp3) is 0.550. The first kappa shape index (κ1) is 23.2. The summed E-state index contributed by atoms with van der Waals surface area (Å²) in [7, 11) is -3.38. The van der Waals surface area contributed by atoms with Crippen LogP contribution >= 0.6 is 23.1 Å². The number of sulfonamides is 1. The molecule has 0 bridgehead atoms. The van der Waals surface area contributed by atoms with E-state index in [2.05, 4.69) is 29.4 Å². The first-order chi connectivity index (χ1) is 14.3. The van der Waals surface area contributed by atoms with E-state index < -0.39 is 10.0 Å². The number of hydrogen-bond donors (Lipinski definition) is 1. The molecule has 3 rings (SSSR count). The van der Waals surface area contributed by atoms with Crippen LogP contribution in [0.5, 0.6) is 0 Å². The zero-order valence-corrected chi connectivity index (χ0v) is 19.7. The van der Waals surface area contributed by atoms with Crippen molar-refractivity contribution in [2.75, 3.05) is 24.2 Å². The van der Waals surface area contributed by atoms with Gasteiger partial charge in [0.1, 0.15) is 0 Å². The maximum atomic E-state index is 12.8. The molecule has 10 heteroatoms. The SMILES string of the molecule is CC(C)Sc1nnc(NC(=O)C2CCCN(S(=O)(=O)CCCc3ccccc3)C2)s1. The molecule has 0 aliphatic carbocycles. The fourth-order valence-corrected chi connectivity index (χ4v) is 6.92. The van der Waals surface area contributed by atoms with E-state index in [4.69, 9.17) is 0 Å². The van der Waals surface area contributed by atoms with Crippen molar-refractivity contribution in [2.45, 2.75) is 49.1 Å². The van der Waals surface area contributed by atoms with E-state index in [1.165, 1.54) is 15.6 Å². The van der Waals surface area contributed by atoms with Crippen molar-refractivity contribution >= 4 is 44.2 Å². The highest BCUT2D eigenvalue weighted by atomic mass is 32.2. The number of nitrogens with one attached hydrogen (secondary N) is 1. The van der Waals surface area contributed by atoms with Gasteiger partial charge in [-0.3, -0.25) is 4.79 Å². The lowest BCUT2D eigenvalue weighted by Crippen LogP contribution is -2.44. The van der Waals surface area contributed by atoms with Crippen LogP contribution in [0.1, 0.15) is 38.7 Å². The number of aryl methyl sites for hydroxylation is 1. The molecule has 1 aromatic heterocycles. The molecule has 1 saturated heterocycles. The molecule has 2 heterocycles. The maximum absolute atomic E-state index is 12.8. The van der Waals surface area contributed by atoms with E-state index in [9.17, 15) is 13.2 Å². The largest absolute Gasteiger partial charge is 0.300 e. The van der Waals surface area contributed by atoms with E-state index in [1.807, 2.05) is 30.3 Å². The molecule has 1 amide bonds. The molecule has 1 fully saturated rings. The van der Waals surface area contributed by atoms with Crippen LogP contribution in [0.15, 0.2) is 34.7 Å². The lowest BCUT2D eigenvalue weighted by Gasteiger charge is -2.31. The molecule has 1 aromatic carbocycles. The summed E-state index contributed by atoms with van der Waals surface area (Å²) in [6.45, 7) is 4.85. The average molecular weight is 469 g/mol. The van der Waals surface area contributed by atoms with Crippen LogP contribution in [0.25, 0.3) is 0 Å². The predicted molar refractivity (Wildman–Crippen MR) is 122 cm³/mol. The Morgan fingerprint density at radius 1 is 1.30 bits per heavy atom. The highest BCUT2D eigenvalue weighted by molar-refractivity contribution is 8.01. The van der Waals surface area contributed by atoms with Crippen LogP contribution < -0.4 is 5.32 Å². The van der Waals surface area contributed by atoms with Crippen molar-refractivity contribution in [3.8, 4) is 0 Å². The van der Waals surface area contributed by atoms with Gasteiger partial charge in [-0.05, 0) is 31.2 Å². The Bertz CT molecular complexity index is 932. The number of nitrogens with zero attached hydrogens (tertiary/aromatic N) is 3. The Labute approximate surface area is 186 Å². The Kier molecular flexibility index (Phi) is 8.27. The predicted octanol–water partition coefficient (Wildman–Crippen LogP) is 3.65. The topological polar surface area (TPSA) is 92.3 Å². The average Bonchev–Trinajstić information content (AvgIpc) is 3.14. The van der Waals surface area contributed by atoms with Crippen LogP contribution in [0.4, 0.5) is 5.13 Å². The van der Waals surface area contributed by atoms with Gasteiger partial charge in [-0.25, -0.2) is 12.7 Å². The highest BCUT2D eigenvalue weighted by Gasteiger charge is 2.32. The summed E-state index contributed by atoms with van der Waals surface area (Å²) >= 11 is 2.94. The van der Waals surface area contributed by atoms with Crippen molar-refractivity contribution in [1.82, 2.24) is 14.5 Å². The molecule has 164 valence electrons. The lowest BCUT2D eigenvalue weighted by atomic mass is 9.99. The Morgan fingerprint density at radius 2 is 2.07 bits per heavy atom. The summed E-state index contributed by atoms with van der Waals surface area (Å²) in [6.07, 6.45) is 2.65. The number of thioether (sulfide) groups is 1. The molecular weight excluding hydrogens is 440 g/mol. The van der Waals surface area contributed by atoms with Crippen molar-refractivity contribution < 1.29 is 13.2 Å². The third kappa shape index (κ3) is 6.76. The minimum absolute atomic E-state index is 0.0996. The first-order valence-electron chi connectivity index (χ1n) is 10.2. The van der Waals surface area contributed by atoms with E-state index >= 15 is 0 Å². The summed E-state index contributed by atoms with van der Waals surface area (Å²) in [4.78, 5) is 12.7. The van der Waals surface area contributed by atoms with E-state index in [-0.39, 0.29) is 24.1 Å². The van der Waals surface area contributed by atoms with Crippen LogP contribution in [0.3, 0.4) is 0 Å². The van der Waals surface area contributed by atoms with Gasteiger partial charge in [0, 0.05) is 18.3 Å². The summed E-state index contributed by atoms with van der Waals surface area (Å²) in [6, 6.07) is 9.88.